The van der Waals surface area contributed by atoms with E-state index in [1.54, 1.807) is 20.8 Å². The first-order valence-electron chi connectivity index (χ1n) is 6.09. The highest BCUT2D eigenvalue weighted by atomic mass is 16.7. The van der Waals surface area contributed by atoms with Crippen molar-refractivity contribution in [3.05, 3.63) is 0 Å². The van der Waals surface area contributed by atoms with Gasteiger partial charge in [-0.05, 0) is 20.8 Å². The lowest BCUT2D eigenvalue weighted by atomic mass is 10.2. The number of amides is 1. The van der Waals surface area contributed by atoms with Gasteiger partial charge in [0.05, 0.1) is 26.9 Å². The van der Waals surface area contributed by atoms with Crippen LogP contribution in [0.4, 0.5) is 4.79 Å². The minimum absolute atomic E-state index is 0.169. The van der Waals surface area contributed by atoms with Gasteiger partial charge in [0.25, 0.3) is 0 Å². The van der Waals surface area contributed by atoms with Crippen molar-refractivity contribution >= 4 is 12.1 Å². The molecule has 0 aliphatic carbocycles. The third-order valence-corrected chi connectivity index (χ3v) is 2.31. The number of hydrogen-bond donors (Lipinski definition) is 1. The van der Waals surface area contributed by atoms with Crippen LogP contribution in [-0.4, -0.2) is 50.8 Å². The summed E-state index contributed by atoms with van der Waals surface area (Å²) in [4.78, 5) is 22.6. The van der Waals surface area contributed by atoms with Crippen molar-refractivity contribution in [2.75, 3.05) is 26.9 Å². The molecule has 0 spiro atoms. The Labute approximate surface area is 112 Å². The van der Waals surface area contributed by atoms with Crippen LogP contribution >= 0.6 is 0 Å². The van der Waals surface area contributed by atoms with Crippen LogP contribution in [0.3, 0.4) is 0 Å². The Hall–Kier alpha value is -1.34. The predicted molar refractivity (Wildman–Crippen MR) is 65.4 cm³/mol. The number of carbonyl (C=O) groups is 2. The highest BCUT2D eigenvalue weighted by molar-refractivity contribution is 5.72. The Morgan fingerprint density at radius 1 is 1.26 bits per heavy atom. The third kappa shape index (κ3) is 5.89. The zero-order valence-electron chi connectivity index (χ0n) is 11.7. The Morgan fingerprint density at radius 3 is 2.32 bits per heavy atom. The molecular weight excluding hydrogens is 254 g/mol. The summed E-state index contributed by atoms with van der Waals surface area (Å²) in [6.07, 6.45) is -1.11. The fourth-order valence-corrected chi connectivity index (χ4v) is 1.44. The predicted octanol–water partition coefficient (Wildman–Crippen LogP) is 0.673. The second-order valence-electron chi connectivity index (χ2n) is 5.20. The maximum Gasteiger partial charge on any atom is 0.407 e. The fraction of sp³-hybridized carbons (Fsp3) is 0.833. The first-order chi connectivity index (χ1) is 8.81. The lowest BCUT2D eigenvalue weighted by molar-refractivity contribution is -0.205. The number of esters is 1. The van der Waals surface area contributed by atoms with Crippen molar-refractivity contribution in [2.45, 2.75) is 32.7 Å². The van der Waals surface area contributed by atoms with Gasteiger partial charge in [-0.2, -0.15) is 0 Å². The van der Waals surface area contributed by atoms with Crippen molar-refractivity contribution < 1.29 is 28.5 Å². The van der Waals surface area contributed by atoms with Crippen molar-refractivity contribution in [2.24, 2.45) is 5.92 Å². The summed E-state index contributed by atoms with van der Waals surface area (Å²) in [5, 5.41) is 2.54. The summed E-state index contributed by atoms with van der Waals surface area (Å²) < 4.78 is 20.3. The number of hydrogen-bond acceptors (Lipinski definition) is 6. The van der Waals surface area contributed by atoms with E-state index in [4.69, 9.17) is 14.2 Å². The first kappa shape index (κ1) is 15.7. The van der Waals surface area contributed by atoms with Crippen LogP contribution < -0.4 is 5.32 Å². The Bertz CT molecular complexity index is 317. The summed E-state index contributed by atoms with van der Waals surface area (Å²) >= 11 is 0. The van der Waals surface area contributed by atoms with Crippen LogP contribution in [0, 0.1) is 5.92 Å². The lowest BCUT2D eigenvalue weighted by Gasteiger charge is -2.28. The van der Waals surface area contributed by atoms with E-state index in [1.165, 1.54) is 7.11 Å². The number of ether oxygens (including phenoxy) is 4. The van der Waals surface area contributed by atoms with Gasteiger partial charge in [0, 0.05) is 0 Å². The number of methoxy groups -OCH3 is 1. The molecule has 0 unspecified atom stereocenters. The molecule has 1 heterocycles. The summed E-state index contributed by atoms with van der Waals surface area (Å²) in [6, 6.07) is 0. The molecule has 0 saturated carbocycles. The molecule has 1 aliphatic rings. The number of carbonyl (C=O) groups excluding carboxylic acids is 2. The molecule has 7 nitrogen and oxygen atoms in total. The molecule has 1 rings (SSSR count). The molecule has 0 aromatic rings. The first-order valence-corrected chi connectivity index (χ1v) is 6.09. The van der Waals surface area contributed by atoms with Crippen molar-refractivity contribution in [1.29, 1.82) is 0 Å². The second kappa shape index (κ2) is 6.72. The van der Waals surface area contributed by atoms with Gasteiger partial charge in [0.15, 0.2) is 6.29 Å². The van der Waals surface area contributed by atoms with E-state index >= 15 is 0 Å². The number of rotatable bonds is 3. The Morgan fingerprint density at radius 2 is 1.84 bits per heavy atom. The van der Waals surface area contributed by atoms with E-state index < -0.39 is 23.9 Å². The van der Waals surface area contributed by atoms with Crippen LogP contribution in [0.5, 0.6) is 0 Å². The Kier molecular flexibility index (Phi) is 5.56. The Balaban J connectivity index is 2.23. The maximum atomic E-state index is 11.4. The number of nitrogens with one attached hydrogen (secondary N) is 1. The van der Waals surface area contributed by atoms with Crippen LogP contribution in [0.1, 0.15) is 20.8 Å². The standard InChI is InChI=1S/C12H21NO6/c1-12(2,3)19-11(15)13-5-9-17-6-8(7-18-9)10(14)16-4/h8-9H,5-7H2,1-4H3,(H,13,15). The smallest absolute Gasteiger partial charge is 0.407 e. The van der Waals surface area contributed by atoms with E-state index in [2.05, 4.69) is 10.1 Å². The minimum Gasteiger partial charge on any atom is -0.469 e. The molecule has 1 aliphatic heterocycles. The molecule has 0 aromatic carbocycles. The molecular formula is C12H21NO6. The highest BCUT2D eigenvalue weighted by Crippen LogP contribution is 2.12. The number of alkyl carbamates (subject to hydrolysis) is 1. The van der Waals surface area contributed by atoms with Gasteiger partial charge in [-0.3, -0.25) is 4.79 Å². The molecule has 110 valence electrons. The summed E-state index contributed by atoms with van der Waals surface area (Å²) in [7, 11) is 1.32. The fourth-order valence-electron chi connectivity index (χ4n) is 1.44. The average Bonchev–Trinajstić information content (AvgIpc) is 2.34. The summed E-state index contributed by atoms with van der Waals surface area (Å²) in [5.41, 5.74) is -0.547. The molecule has 7 heteroatoms. The van der Waals surface area contributed by atoms with Crippen molar-refractivity contribution in [3.63, 3.8) is 0 Å². The molecule has 0 atom stereocenters. The topological polar surface area (TPSA) is 83.1 Å². The second-order valence-corrected chi connectivity index (χ2v) is 5.20. The normalized spacial score (nSPS) is 23.6. The van der Waals surface area contributed by atoms with Gasteiger partial charge >= 0.3 is 12.1 Å². The zero-order valence-corrected chi connectivity index (χ0v) is 11.7. The minimum atomic E-state index is -0.576. The highest BCUT2D eigenvalue weighted by Gasteiger charge is 2.28. The van der Waals surface area contributed by atoms with Crippen LogP contribution in [0.15, 0.2) is 0 Å². The summed E-state index contributed by atoms with van der Waals surface area (Å²) in [6.45, 7) is 5.94. The SMILES string of the molecule is COC(=O)C1COC(CNC(=O)OC(C)(C)C)OC1. The van der Waals surface area contributed by atoms with Gasteiger partial charge in [-0.1, -0.05) is 0 Å². The van der Waals surface area contributed by atoms with Gasteiger partial charge in [0.2, 0.25) is 0 Å². The largest absolute Gasteiger partial charge is 0.469 e. The van der Waals surface area contributed by atoms with E-state index in [0.717, 1.165) is 0 Å². The summed E-state index contributed by atoms with van der Waals surface area (Å²) in [5.74, 6) is -0.777. The molecule has 1 saturated heterocycles. The molecule has 0 radical (unpaired) electrons. The molecule has 1 fully saturated rings. The van der Waals surface area contributed by atoms with E-state index in [9.17, 15) is 9.59 Å². The van der Waals surface area contributed by atoms with E-state index in [0.29, 0.717) is 0 Å². The van der Waals surface area contributed by atoms with Crippen molar-refractivity contribution in [1.82, 2.24) is 5.32 Å². The molecule has 0 aromatic heterocycles. The van der Waals surface area contributed by atoms with E-state index in [1.807, 2.05) is 0 Å². The lowest BCUT2D eigenvalue weighted by Crippen LogP contribution is -2.44. The van der Waals surface area contributed by atoms with E-state index in [-0.39, 0.29) is 25.7 Å². The molecule has 1 amide bonds. The maximum absolute atomic E-state index is 11.4. The van der Waals surface area contributed by atoms with Gasteiger partial charge < -0.3 is 24.3 Å². The van der Waals surface area contributed by atoms with Gasteiger partial charge in [-0.15, -0.1) is 0 Å². The van der Waals surface area contributed by atoms with Crippen LogP contribution in [0.25, 0.3) is 0 Å². The van der Waals surface area contributed by atoms with Gasteiger partial charge in [-0.25, -0.2) is 4.79 Å². The van der Waals surface area contributed by atoms with Crippen LogP contribution in [0.2, 0.25) is 0 Å². The molecule has 19 heavy (non-hydrogen) atoms. The average molecular weight is 275 g/mol. The quantitative estimate of drug-likeness (QED) is 0.762. The third-order valence-electron chi connectivity index (χ3n) is 2.31. The van der Waals surface area contributed by atoms with Crippen LogP contribution in [-0.2, 0) is 23.7 Å². The van der Waals surface area contributed by atoms with Gasteiger partial charge in [0.1, 0.15) is 11.5 Å². The van der Waals surface area contributed by atoms with Crippen molar-refractivity contribution in [3.8, 4) is 0 Å². The zero-order chi connectivity index (χ0) is 14.5. The molecule has 0 bridgehead atoms. The monoisotopic (exact) mass is 275 g/mol. The molecule has 1 N–H and O–H groups in total.